The average molecular weight is 310 g/mol. The first-order valence-corrected chi connectivity index (χ1v) is 9.35. The Bertz CT molecular complexity index is 534. The fourth-order valence-corrected chi connectivity index (χ4v) is 3.88. The van der Waals surface area contributed by atoms with Crippen molar-refractivity contribution in [3.8, 4) is 0 Å². The first-order valence-electron chi connectivity index (χ1n) is 7.87. The molecular formula is C16H26N2O2S. The largest absolute Gasteiger partial charge is 0.382 e. The lowest BCUT2D eigenvalue weighted by atomic mass is 9.83. The van der Waals surface area contributed by atoms with Gasteiger partial charge in [-0.25, -0.2) is 13.1 Å². The van der Waals surface area contributed by atoms with Crippen molar-refractivity contribution in [2.75, 3.05) is 12.4 Å². The Morgan fingerprint density at radius 1 is 1.14 bits per heavy atom. The Hall–Kier alpha value is -1.07. The van der Waals surface area contributed by atoms with Gasteiger partial charge in [0.15, 0.2) is 0 Å². The van der Waals surface area contributed by atoms with E-state index in [0.29, 0.717) is 10.9 Å². The topological polar surface area (TPSA) is 58.2 Å². The van der Waals surface area contributed by atoms with Crippen LogP contribution in [0, 0.1) is 5.92 Å². The van der Waals surface area contributed by atoms with Crippen LogP contribution in [0.5, 0.6) is 0 Å². The number of sulfonamides is 1. The molecule has 118 valence electrons. The summed E-state index contributed by atoms with van der Waals surface area (Å²) in [4.78, 5) is 0.307. The standard InChI is InChI=1S/C16H26N2O2S/c1-3-16(13-7-5-4-6-8-13)18-14-9-11-15(12-10-14)21(19,20)17-2/h9-13,16-18H,3-8H2,1-2H3. The van der Waals surface area contributed by atoms with Crippen molar-refractivity contribution in [3.63, 3.8) is 0 Å². The number of benzene rings is 1. The molecule has 1 unspecified atom stereocenters. The van der Waals surface area contributed by atoms with Crippen LogP contribution in [-0.2, 0) is 10.0 Å². The summed E-state index contributed by atoms with van der Waals surface area (Å²) in [5, 5.41) is 3.58. The molecule has 0 heterocycles. The van der Waals surface area contributed by atoms with Crippen LogP contribution >= 0.6 is 0 Å². The quantitative estimate of drug-likeness (QED) is 0.847. The van der Waals surface area contributed by atoms with Gasteiger partial charge >= 0.3 is 0 Å². The van der Waals surface area contributed by atoms with Crippen LogP contribution in [-0.4, -0.2) is 21.5 Å². The maximum atomic E-state index is 11.7. The third-order valence-electron chi connectivity index (χ3n) is 4.44. The van der Waals surface area contributed by atoms with Crippen LogP contribution in [0.25, 0.3) is 0 Å². The van der Waals surface area contributed by atoms with E-state index in [9.17, 15) is 8.42 Å². The van der Waals surface area contributed by atoms with E-state index in [1.807, 2.05) is 12.1 Å². The zero-order valence-electron chi connectivity index (χ0n) is 12.9. The van der Waals surface area contributed by atoms with Gasteiger partial charge in [-0.1, -0.05) is 26.2 Å². The number of hydrogen-bond acceptors (Lipinski definition) is 3. The highest BCUT2D eigenvalue weighted by Crippen LogP contribution is 2.29. The molecule has 0 aliphatic heterocycles. The SMILES string of the molecule is CCC(Nc1ccc(S(=O)(=O)NC)cc1)C1CCCCC1. The minimum atomic E-state index is -3.35. The molecule has 1 aromatic rings. The minimum Gasteiger partial charge on any atom is -0.382 e. The molecule has 0 amide bonds. The molecule has 1 aliphatic carbocycles. The van der Waals surface area contributed by atoms with Gasteiger partial charge in [-0.15, -0.1) is 0 Å². The van der Waals surface area contributed by atoms with Crippen molar-refractivity contribution < 1.29 is 8.42 Å². The Morgan fingerprint density at radius 2 is 1.76 bits per heavy atom. The minimum absolute atomic E-state index is 0.307. The monoisotopic (exact) mass is 310 g/mol. The Morgan fingerprint density at radius 3 is 2.29 bits per heavy atom. The van der Waals surface area contributed by atoms with Gasteiger partial charge in [0, 0.05) is 11.7 Å². The molecule has 1 fully saturated rings. The summed E-state index contributed by atoms with van der Waals surface area (Å²) >= 11 is 0. The molecule has 5 heteroatoms. The molecule has 1 saturated carbocycles. The van der Waals surface area contributed by atoms with Gasteiger partial charge in [-0.2, -0.15) is 0 Å². The molecule has 21 heavy (non-hydrogen) atoms. The van der Waals surface area contributed by atoms with Crippen LogP contribution in [0.4, 0.5) is 5.69 Å². The number of nitrogens with one attached hydrogen (secondary N) is 2. The third kappa shape index (κ3) is 4.20. The van der Waals surface area contributed by atoms with Gasteiger partial charge in [0.05, 0.1) is 4.90 Å². The number of rotatable bonds is 6. The van der Waals surface area contributed by atoms with E-state index in [4.69, 9.17) is 0 Å². The van der Waals surface area contributed by atoms with Crippen LogP contribution in [0.15, 0.2) is 29.2 Å². The molecule has 0 radical (unpaired) electrons. The van der Waals surface area contributed by atoms with E-state index in [1.54, 1.807) is 12.1 Å². The maximum absolute atomic E-state index is 11.7. The zero-order valence-corrected chi connectivity index (χ0v) is 13.7. The Kier molecular flexibility index (Phi) is 5.65. The highest BCUT2D eigenvalue weighted by atomic mass is 32.2. The lowest BCUT2D eigenvalue weighted by Crippen LogP contribution is -2.30. The molecule has 0 aromatic heterocycles. The van der Waals surface area contributed by atoms with Gasteiger partial charge in [-0.3, -0.25) is 0 Å². The van der Waals surface area contributed by atoms with Gasteiger partial charge in [0.25, 0.3) is 0 Å². The highest BCUT2D eigenvalue weighted by molar-refractivity contribution is 7.89. The van der Waals surface area contributed by atoms with Gasteiger partial charge in [-0.05, 0) is 56.5 Å². The number of anilines is 1. The van der Waals surface area contributed by atoms with Gasteiger partial charge < -0.3 is 5.32 Å². The number of hydrogen-bond donors (Lipinski definition) is 2. The fraction of sp³-hybridized carbons (Fsp3) is 0.625. The molecule has 4 nitrogen and oxygen atoms in total. The summed E-state index contributed by atoms with van der Waals surface area (Å²) in [6.45, 7) is 2.21. The first-order chi connectivity index (χ1) is 10.1. The molecule has 0 spiro atoms. The second-order valence-electron chi connectivity index (χ2n) is 5.79. The normalized spacial score (nSPS) is 18.4. The molecule has 1 atom stereocenters. The summed E-state index contributed by atoms with van der Waals surface area (Å²) < 4.78 is 25.7. The third-order valence-corrected chi connectivity index (χ3v) is 5.87. The van der Waals surface area contributed by atoms with Crippen molar-refractivity contribution in [3.05, 3.63) is 24.3 Å². The zero-order chi connectivity index (χ0) is 15.3. The van der Waals surface area contributed by atoms with E-state index in [1.165, 1.54) is 39.2 Å². The van der Waals surface area contributed by atoms with Crippen LogP contribution in [0.1, 0.15) is 45.4 Å². The molecule has 2 N–H and O–H groups in total. The van der Waals surface area contributed by atoms with Crippen molar-refractivity contribution in [1.82, 2.24) is 4.72 Å². The molecule has 0 saturated heterocycles. The van der Waals surface area contributed by atoms with E-state index in [0.717, 1.165) is 18.0 Å². The maximum Gasteiger partial charge on any atom is 0.240 e. The summed E-state index contributed by atoms with van der Waals surface area (Å²) in [6, 6.07) is 7.51. The summed E-state index contributed by atoms with van der Waals surface area (Å²) in [5.41, 5.74) is 1.00. The van der Waals surface area contributed by atoms with E-state index in [-0.39, 0.29) is 0 Å². The second-order valence-corrected chi connectivity index (χ2v) is 7.68. The molecular weight excluding hydrogens is 284 g/mol. The fourth-order valence-electron chi connectivity index (χ4n) is 3.15. The molecule has 2 rings (SSSR count). The summed E-state index contributed by atoms with van der Waals surface area (Å²) in [7, 11) is -1.92. The van der Waals surface area contributed by atoms with E-state index >= 15 is 0 Å². The predicted molar refractivity (Wildman–Crippen MR) is 87.0 cm³/mol. The molecule has 1 aromatic carbocycles. The van der Waals surface area contributed by atoms with Crippen LogP contribution in [0.2, 0.25) is 0 Å². The first kappa shape index (κ1) is 16.3. The van der Waals surface area contributed by atoms with E-state index in [2.05, 4.69) is 17.0 Å². The Labute approximate surface area is 128 Å². The molecule has 0 bridgehead atoms. The molecule has 1 aliphatic rings. The summed E-state index contributed by atoms with van der Waals surface area (Å²) in [5.74, 6) is 0.740. The van der Waals surface area contributed by atoms with Gasteiger partial charge in [0.1, 0.15) is 0 Å². The van der Waals surface area contributed by atoms with E-state index < -0.39 is 10.0 Å². The van der Waals surface area contributed by atoms with Crippen molar-refractivity contribution in [1.29, 1.82) is 0 Å². The van der Waals surface area contributed by atoms with Crippen LogP contribution in [0.3, 0.4) is 0 Å². The van der Waals surface area contributed by atoms with Gasteiger partial charge in [0.2, 0.25) is 10.0 Å². The smallest absolute Gasteiger partial charge is 0.240 e. The average Bonchev–Trinajstić information content (AvgIpc) is 2.54. The lowest BCUT2D eigenvalue weighted by molar-refractivity contribution is 0.313. The second kappa shape index (κ2) is 7.27. The highest BCUT2D eigenvalue weighted by Gasteiger charge is 2.22. The van der Waals surface area contributed by atoms with Crippen molar-refractivity contribution in [2.45, 2.75) is 56.4 Å². The Balaban J connectivity index is 2.04. The van der Waals surface area contributed by atoms with Crippen LogP contribution < -0.4 is 10.0 Å². The lowest BCUT2D eigenvalue weighted by Gasteiger charge is -2.31. The van der Waals surface area contributed by atoms with Crippen molar-refractivity contribution in [2.24, 2.45) is 5.92 Å². The summed E-state index contributed by atoms with van der Waals surface area (Å²) in [6.07, 6.45) is 7.74. The predicted octanol–water partition coefficient (Wildman–Crippen LogP) is 3.37. The van der Waals surface area contributed by atoms with Crippen molar-refractivity contribution >= 4 is 15.7 Å².